The number of hydrogen-bond acceptors (Lipinski definition) is 3. The molecule has 1 aromatic rings. The van der Waals surface area contributed by atoms with Gasteiger partial charge in [0.25, 0.3) is 0 Å². The molecule has 24 heavy (non-hydrogen) atoms. The summed E-state index contributed by atoms with van der Waals surface area (Å²) in [4.78, 5) is 14.4. The lowest BCUT2D eigenvalue weighted by molar-refractivity contribution is -0.123. The van der Waals surface area contributed by atoms with Crippen LogP contribution >= 0.6 is 15.9 Å². The van der Waals surface area contributed by atoms with Crippen LogP contribution in [0.4, 0.5) is 4.39 Å². The van der Waals surface area contributed by atoms with Gasteiger partial charge in [0.05, 0.1) is 6.04 Å². The molecule has 2 atom stereocenters. The van der Waals surface area contributed by atoms with E-state index < -0.39 is 0 Å². The van der Waals surface area contributed by atoms with E-state index in [2.05, 4.69) is 31.5 Å². The summed E-state index contributed by atoms with van der Waals surface area (Å²) in [6.07, 6.45) is 4.22. The Morgan fingerprint density at radius 1 is 1.38 bits per heavy atom. The molecular formula is C18H25BrFN3O. The lowest BCUT2D eigenvalue weighted by Gasteiger charge is -2.33. The third-order valence-electron chi connectivity index (χ3n) is 4.99. The predicted octanol–water partition coefficient (Wildman–Crippen LogP) is 2.67. The van der Waals surface area contributed by atoms with Crippen LogP contribution in [0.15, 0.2) is 22.7 Å². The van der Waals surface area contributed by atoms with Gasteiger partial charge in [0.1, 0.15) is 5.82 Å². The van der Waals surface area contributed by atoms with Crippen LogP contribution in [0.1, 0.15) is 31.2 Å². The van der Waals surface area contributed by atoms with Crippen LogP contribution in [0.3, 0.4) is 0 Å². The highest BCUT2D eigenvalue weighted by atomic mass is 79.9. The van der Waals surface area contributed by atoms with E-state index in [4.69, 9.17) is 0 Å². The van der Waals surface area contributed by atoms with Gasteiger partial charge in [-0.1, -0.05) is 22.0 Å². The summed E-state index contributed by atoms with van der Waals surface area (Å²) < 4.78 is 14.8. The van der Waals surface area contributed by atoms with Gasteiger partial charge < -0.3 is 10.6 Å². The standard InChI is InChI=1S/C18H25BrFN3O/c19-15-5-1-6-16(20)14(15)12-23-9-3-4-13(11-23)10-22-18(24)17-7-2-8-21-17/h1,5-6,13,17,21H,2-4,7-12H2,(H,22,24). The highest BCUT2D eigenvalue weighted by Crippen LogP contribution is 2.24. The van der Waals surface area contributed by atoms with Gasteiger partial charge in [-0.15, -0.1) is 0 Å². The van der Waals surface area contributed by atoms with Gasteiger partial charge in [0.2, 0.25) is 5.91 Å². The van der Waals surface area contributed by atoms with Crippen molar-refractivity contribution < 1.29 is 9.18 Å². The number of rotatable bonds is 5. The van der Waals surface area contributed by atoms with Crippen LogP contribution in [0.5, 0.6) is 0 Å². The van der Waals surface area contributed by atoms with Crippen LogP contribution in [-0.4, -0.2) is 43.0 Å². The van der Waals surface area contributed by atoms with Gasteiger partial charge in [-0.2, -0.15) is 0 Å². The van der Waals surface area contributed by atoms with E-state index in [0.717, 1.165) is 55.4 Å². The van der Waals surface area contributed by atoms with Crippen molar-refractivity contribution in [3.8, 4) is 0 Å². The molecule has 0 saturated carbocycles. The molecule has 0 bridgehead atoms. The highest BCUT2D eigenvalue weighted by molar-refractivity contribution is 9.10. The van der Waals surface area contributed by atoms with Gasteiger partial charge >= 0.3 is 0 Å². The molecule has 2 N–H and O–H groups in total. The van der Waals surface area contributed by atoms with Crippen molar-refractivity contribution in [3.05, 3.63) is 34.1 Å². The minimum Gasteiger partial charge on any atom is -0.354 e. The first kappa shape index (κ1) is 17.8. The van der Waals surface area contributed by atoms with Crippen LogP contribution in [-0.2, 0) is 11.3 Å². The summed E-state index contributed by atoms with van der Waals surface area (Å²) in [5.74, 6) is 0.406. The molecule has 2 fully saturated rings. The maximum Gasteiger partial charge on any atom is 0.237 e. The zero-order valence-electron chi connectivity index (χ0n) is 13.9. The van der Waals surface area contributed by atoms with Crippen LogP contribution in [0.25, 0.3) is 0 Å². The van der Waals surface area contributed by atoms with E-state index in [1.54, 1.807) is 6.07 Å². The molecule has 2 aliphatic rings. The minimum absolute atomic E-state index is 0.0148. The third kappa shape index (κ3) is 4.55. The van der Waals surface area contributed by atoms with Crippen molar-refractivity contribution >= 4 is 21.8 Å². The summed E-state index contributed by atoms with van der Waals surface area (Å²) in [6.45, 7) is 4.15. The van der Waals surface area contributed by atoms with Gasteiger partial charge in [-0.25, -0.2) is 4.39 Å². The quantitative estimate of drug-likeness (QED) is 0.802. The minimum atomic E-state index is -0.160. The first-order chi connectivity index (χ1) is 11.6. The Kier molecular flexibility index (Phi) is 6.25. The predicted molar refractivity (Wildman–Crippen MR) is 96.1 cm³/mol. The van der Waals surface area contributed by atoms with Crippen LogP contribution < -0.4 is 10.6 Å². The van der Waals surface area contributed by atoms with Crippen molar-refractivity contribution in [2.75, 3.05) is 26.2 Å². The fourth-order valence-electron chi connectivity index (χ4n) is 3.64. The van der Waals surface area contributed by atoms with E-state index in [0.29, 0.717) is 19.0 Å². The highest BCUT2D eigenvalue weighted by Gasteiger charge is 2.25. The molecular weight excluding hydrogens is 373 g/mol. The average Bonchev–Trinajstić information content (AvgIpc) is 3.11. The number of likely N-dealkylation sites (tertiary alicyclic amines) is 1. The van der Waals surface area contributed by atoms with Crippen molar-refractivity contribution in [3.63, 3.8) is 0 Å². The Labute approximate surface area is 151 Å². The smallest absolute Gasteiger partial charge is 0.237 e. The molecule has 4 nitrogen and oxygen atoms in total. The summed E-state index contributed by atoms with van der Waals surface area (Å²) in [5.41, 5.74) is 0.720. The number of hydrogen-bond donors (Lipinski definition) is 2. The molecule has 1 aromatic carbocycles. The lowest BCUT2D eigenvalue weighted by atomic mass is 9.97. The van der Waals surface area contributed by atoms with E-state index in [-0.39, 0.29) is 17.8 Å². The molecule has 2 unspecified atom stereocenters. The Morgan fingerprint density at radius 2 is 2.25 bits per heavy atom. The molecule has 3 rings (SSSR count). The second-order valence-corrected chi connectivity index (χ2v) is 7.69. The number of benzene rings is 1. The molecule has 132 valence electrons. The number of carbonyl (C=O) groups is 1. The summed E-state index contributed by atoms with van der Waals surface area (Å²) in [7, 11) is 0. The van der Waals surface area contributed by atoms with Crippen molar-refractivity contribution in [2.24, 2.45) is 5.92 Å². The van der Waals surface area contributed by atoms with Gasteiger partial charge in [-0.05, 0) is 56.8 Å². The first-order valence-electron chi connectivity index (χ1n) is 8.80. The molecule has 0 radical (unpaired) electrons. The number of nitrogens with one attached hydrogen (secondary N) is 2. The lowest BCUT2D eigenvalue weighted by Crippen LogP contribution is -2.45. The maximum atomic E-state index is 14.0. The van der Waals surface area contributed by atoms with Crippen LogP contribution in [0, 0.1) is 11.7 Å². The summed E-state index contributed by atoms with van der Waals surface area (Å²) in [5, 5.41) is 6.32. The van der Waals surface area contributed by atoms with E-state index >= 15 is 0 Å². The molecule has 2 aliphatic heterocycles. The molecule has 0 aliphatic carbocycles. The van der Waals surface area contributed by atoms with Crippen molar-refractivity contribution in [1.82, 2.24) is 15.5 Å². The number of carbonyl (C=O) groups excluding carboxylic acids is 1. The number of piperidine rings is 1. The number of halogens is 2. The largest absolute Gasteiger partial charge is 0.354 e. The number of nitrogens with zero attached hydrogens (tertiary/aromatic N) is 1. The Hall–Kier alpha value is -0.980. The second kappa shape index (κ2) is 8.41. The fraction of sp³-hybridized carbons (Fsp3) is 0.611. The molecule has 0 aromatic heterocycles. The number of amides is 1. The third-order valence-corrected chi connectivity index (χ3v) is 5.73. The van der Waals surface area contributed by atoms with Crippen molar-refractivity contribution in [1.29, 1.82) is 0 Å². The average molecular weight is 398 g/mol. The zero-order chi connectivity index (χ0) is 16.9. The van der Waals surface area contributed by atoms with Crippen LogP contribution in [0.2, 0.25) is 0 Å². The van der Waals surface area contributed by atoms with Gasteiger partial charge in [0, 0.05) is 29.7 Å². The van der Waals surface area contributed by atoms with E-state index in [1.165, 1.54) is 6.07 Å². The molecule has 1 amide bonds. The Morgan fingerprint density at radius 3 is 3.00 bits per heavy atom. The normalized spacial score (nSPS) is 24.9. The van der Waals surface area contributed by atoms with E-state index in [9.17, 15) is 9.18 Å². The maximum absolute atomic E-state index is 14.0. The van der Waals surface area contributed by atoms with Gasteiger partial charge in [-0.3, -0.25) is 9.69 Å². The van der Waals surface area contributed by atoms with Gasteiger partial charge in [0.15, 0.2) is 0 Å². The SMILES string of the molecule is O=C(NCC1CCCN(Cc2c(F)cccc2Br)C1)C1CCCN1. The fourth-order valence-corrected chi connectivity index (χ4v) is 4.11. The zero-order valence-corrected chi connectivity index (χ0v) is 15.4. The van der Waals surface area contributed by atoms with E-state index in [1.807, 2.05) is 6.07 Å². The molecule has 0 spiro atoms. The van der Waals surface area contributed by atoms with Crippen molar-refractivity contribution in [2.45, 2.75) is 38.3 Å². The molecule has 2 heterocycles. The second-order valence-electron chi connectivity index (χ2n) is 6.84. The molecule has 6 heteroatoms. The topological polar surface area (TPSA) is 44.4 Å². The summed E-state index contributed by atoms with van der Waals surface area (Å²) in [6, 6.07) is 5.10. The Bertz CT molecular complexity index is 557. The first-order valence-corrected chi connectivity index (χ1v) is 9.59. The Balaban J connectivity index is 1.50. The summed E-state index contributed by atoms with van der Waals surface area (Å²) >= 11 is 3.45. The molecule has 2 saturated heterocycles. The monoisotopic (exact) mass is 397 g/mol.